The van der Waals surface area contributed by atoms with Crippen LogP contribution in [0, 0.1) is 0 Å². The molecule has 0 spiro atoms. The maximum absolute atomic E-state index is 12.3. The van der Waals surface area contributed by atoms with E-state index in [0.29, 0.717) is 40.2 Å². The van der Waals surface area contributed by atoms with Gasteiger partial charge in [0.1, 0.15) is 5.75 Å². The van der Waals surface area contributed by atoms with E-state index in [0.717, 1.165) is 5.56 Å². The molecule has 0 saturated carbocycles. The Labute approximate surface area is 176 Å². The summed E-state index contributed by atoms with van der Waals surface area (Å²) in [5, 5.41) is 7.79. The molecule has 1 aliphatic heterocycles. The van der Waals surface area contributed by atoms with Crippen LogP contribution in [0.2, 0.25) is 0 Å². The van der Waals surface area contributed by atoms with Crippen LogP contribution >= 0.6 is 11.3 Å². The van der Waals surface area contributed by atoms with E-state index in [1.807, 2.05) is 18.2 Å². The first-order valence-electron chi connectivity index (χ1n) is 9.16. The normalized spacial score (nSPS) is 11.8. The maximum Gasteiger partial charge on any atom is 0.257 e. The van der Waals surface area contributed by atoms with Gasteiger partial charge in [0.15, 0.2) is 16.6 Å². The zero-order chi connectivity index (χ0) is 20.9. The monoisotopic (exact) mass is 425 g/mol. The van der Waals surface area contributed by atoms with Crippen molar-refractivity contribution >= 4 is 28.3 Å². The quantitative estimate of drug-likeness (QED) is 0.604. The summed E-state index contributed by atoms with van der Waals surface area (Å²) in [6.07, 6.45) is 0.124. The van der Waals surface area contributed by atoms with Gasteiger partial charge in [-0.25, -0.2) is 4.98 Å². The van der Waals surface area contributed by atoms with Crippen molar-refractivity contribution < 1.29 is 23.8 Å². The van der Waals surface area contributed by atoms with Crippen LogP contribution in [0.5, 0.6) is 17.2 Å². The molecule has 2 N–H and O–H groups in total. The number of methoxy groups -OCH3 is 1. The number of nitrogens with zero attached hydrogens (tertiary/aromatic N) is 1. The molecule has 2 amide bonds. The van der Waals surface area contributed by atoms with E-state index >= 15 is 0 Å². The highest BCUT2D eigenvalue weighted by atomic mass is 32.1. The number of rotatable bonds is 7. The number of hydrogen-bond donors (Lipinski definition) is 2. The molecule has 0 radical (unpaired) electrons. The molecule has 3 aromatic rings. The number of carbonyl (C=O) groups is 2. The van der Waals surface area contributed by atoms with Gasteiger partial charge in [-0.2, -0.15) is 0 Å². The van der Waals surface area contributed by atoms with Crippen LogP contribution < -0.4 is 24.8 Å². The summed E-state index contributed by atoms with van der Waals surface area (Å²) in [5.41, 5.74) is 2.00. The Bertz CT molecular complexity index is 1060. The minimum atomic E-state index is -0.272. The number of benzene rings is 2. The predicted octanol–water partition coefficient (Wildman–Crippen LogP) is 2.99. The first-order valence-corrected chi connectivity index (χ1v) is 10.0. The lowest BCUT2D eigenvalue weighted by Gasteiger charge is -2.05. The van der Waals surface area contributed by atoms with Crippen LogP contribution in [-0.4, -0.2) is 30.7 Å². The number of carbonyl (C=O) groups excluding carboxylic acids is 2. The molecule has 0 bridgehead atoms. The van der Waals surface area contributed by atoms with Gasteiger partial charge in [0.05, 0.1) is 19.2 Å². The lowest BCUT2D eigenvalue weighted by Crippen LogP contribution is -2.24. The Kier molecular flexibility index (Phi) is 5.80. The van der Waals surface area contributed by atoms with Crippen molar-refractivity contribution in [2.24, 2.45) is 0 Å². The summed E-state index contributed by atoms with van der Waals surface area (Å²) in [6.45, 7) is 0.590. The Morgan fingerprint density at radius 1 is 1.13 bits per heavy atom. The second-order valence-corrected chi connectivity index (χ2v) is 7.33. The molecule has 9 heteroatoms. The van der Waals surface area contributed by atoms with Crippen molar-refractivity contribution in [3.8, 4) is 17.2 Å². The third-order valence-corrected chi connectivity index (χ3v) is 5.20. The predicted molar refractivity (Wildman–Crippen MR) is 111 cm³/mol. The van der Waals surface area contributed by atoms with Crippen molar-refractivity contribution in [2.75, 3.05) is 19.2 Å². The van der Waals surface area contributed by atoms with E-state index < -0.39 is 0 Å². The fourth-order valence-electron chi connectivity index (χ4n) is 2.84. The molecule has 154 valence electrons. The Morgan fingerprint density at radius 3 is 2.73 bits per heavy atom. The van der Waals surface area contributed by atoms with Crippen LogP contribution in [0.4, 0.5) is 5.13 Å². The average molecular weight is 425 g/mol. The summed E-state index contributed by atoms with van der Waals surface area (Å²) in [4.78, 5) is 28.8. The van der Waals surface area contributed by atoms with Crippen LogP contribution in [-0.2, 0) is 17.8 Å². The molecule has 4 rings (SSSR count). The standard InChI is InChI=1S/C21H19N3O5S/c1-27-16-5-3-14(4-6-16)20(26)24-21-23-15(11-30-21)9-19(25)22-10-13-2-7-17-18(8-13)29-12-28-17/h2-8,11H,9-10,12H2,1H3,(H,22,25)(H,23,24,26). The molecular weight excluding hydrogens is 406 g/mol. The molecule has 0 saturated heterocycles. The van der Waals surface area contributed by atoms with Gasteiger partial charge in [-0.3, -0.25) is 14.9 Å². The summed E-state index contributed by atoms with van der Waals surface area (Å²) in [6, 6.07) is 12.3. The zero-order valence-electron chi connectivity index (χ0n) is 16.1. The van der Waals surface area contributed by atoms with Gasteiger partial charge in [-0.05, 0) is 42.0 Å². The third kappa shape index (κ3) is 4.69. The van der Waals surface area contributed by atoms with Gasteiger partial charge in [0, 0.05) is 17.5 Å². The highest BCUT2D eigenvalue weighted by Gasteiger charge is 2.14. The summed E-state index contributed by atoms with van der Waals surface area (Å²) >= 11 is 1.27. The maximum atomic E-state index is 12.3. The second kappa shape index (κ2) is 8.83. The van der Waals surface area contributed by atoms with Crippen LogP contribution in [0.1, 0.15) is 21.6 Å². The highest BCUT2D eigenvalue weighted by molar-refractivity contribution is 7.14. The Morgan fingerprint density at radius 2 is 1.93 bits per heavy atom. The first-order chi connectivity index (χ1) is 14.6. The third-order valence-electron chi connectivity index (χ3n) is 4.39. The molecule has 1 aliphatic rings. The lowest BCUT2D eigenvalue weighted by molar-refractivity contribution is -0.120. The fraction of sp³-hybridized carbons (Fsp3) is 0.190. The van der Waals surface area contributed by atoms with E-state index in [4.69, 9.17) is 14.2 Å². The smallest absolute Gasteiger partial charge is 0.257 e. The number of ether oxygens (including phenoxy) is 3. The molecular formula is C21H19N3O5S. The molecule has 0 atom stereocenters. The molecule has 1 aromatic heterocycles. The van der Waals surface area contributed by atoms with Crippen molar-refractivity contribution in [2.45, 2.75) is 13.0 Å². The number of aromatic nitrogens is 1. The van der Waals surface area contributed by atoms with E-state index in [2.05, 4.69) is 15.6 Å². The minimum absolute atomic E-state index is 0.124. The Balaban J connectivity index is 1.28. The van der Waals surface area contributed by atoms with E-state index in [9.17, 15) is 9.59 Å². The number of fused-ring (bicyclic) bond motifs is 1. The number of amides is 2. The number of thiazole rings is 1. The summed E-state index contributed by atoms with van der Waals surface area (Å²) < 4.78 is 15.7. The summed E-state index contributed by atoms with van der Waals surface area (Å²) in [5.74, 6) is 1.63. The van der Waals surface area contributed by atoms with E-state index in [-0.39, 0.29) is 25.0 Å². The Hall–Kier alpha value is -3.59. The number of hydrogen-bond acceptors (Lipinski definition) is 7. The van der Waals surface area contributed by atoms with E-state index in [1.54, 1.807) is 36.8 Å². The number of anilines is 1. The van der Waals surface area contributed by atoms with Gasteiger partial charge < -0.3 is 19.5 Å². The van der Waals surface area contributed by atoms with Gasteiger partial charge in [0.25, 0.3) is 5.91 Å². The molecule has 0 unspecified atom stereocenters. The van der Waals surface area contributed by atoms with Crippen molar-refractivity contribution in [3.05, 3.63) is 64.7 Å². The highest BCUT2D eigenvalue weighted by Crippen LogP contribution is 2.32. The largest absolute Gasteiger partial charge is 0.497 e. The second-order valence-electron chi connectivity index (χ2n) is 6.47. The topological polar surface area (TPSA) is 98.8 Å². The van der Waals surface area contributed by atoms with Crippen molar-refractivity contribution in [3.63, 3.8) is 0 Å². The van der Waals surface area contributed by atoms with Gasteiger partial charge in [-0.1, -0.05) is 6.07 Å². The van der Waals surface area contributed by atoms with Crippen LogP contribution in [0.25, 0.3) is 0 Å². The molecule has 30 heavy (non-hydrogen) atoms. The first kappa shape index (κ1) is 19.7. The van der Waals surface area contributed by atoms with Crippen LogP contribution in [0.15, 0.2) is 47.8 Å². The molecule has 0 aliphatic carbocycles. The van der Waals surface area contributed by atoms with Crippen molar-refractivity contribution in [1.29, 1.82) is 0 Å². The molecule has 2 aromatic carbocycles. The minimum Gasteiger partial charge on any atom is -0.497 e. The van der Waals surface area contributed by atoms with Crippen LogP contribution in [0.3, 0.4) is 0 Å². The SMILES string of the molecule is COc1ccc(C(=O)Nc2nc(CC(=O)NCc3ccc4c(c3)OCO4)cs2)cc1. The number of nitrogens with one attached hydrogen (secondary N) is 2. The lowest BCUT2D eigenvalue weighted by atomic mass is 10.2. The van der Waals surface area contributed by atoms with Gasteiger partial charge >= 0.3 is 0 Å². The van der Waals surface area contributed by atoms with Gasteiger partial charge in [0.2, 0.25) is 12.7 Å². The molecule has 2 heterocycles. The molecule has 0 fully saturated rings. The van der Waals surface area contributed by atoms with Crippen molar-refractivity contribution in [1.82, 2.24) is 10.3 Å². The van der Waals surface area contributed by atoms with Gasteiger partial charge in [-0.15, -0.1) is 11.3 Å². The van der Waals surface area contributed by atoms with E-state index in [1.165, 1.54) is 11.3 Å². The average Bonchev–Trinajstić information content (AvgIpc) is 3.41. The summed E-state index contributed by atoms with van der Waals surface area (Å²) in [7, 11) is 1.57. The molecule has 8 nitrogen and oxygen atoms in total. The fourth-order valence-corrected chi connectivity index (χ4v) is 3.54. The zero-order valence-corrected chi connectivity index (χ0v) is 17.0.